The van der Waals surface area contributed by atoms with E-state index in [1.54, 1.807) is 6.20 Å². The first kappa shape index (κ1) is 17.2. The topological polar surface area (TPSA) is 65.6 Å². The number of carbonyl (C=O) groups is 1. The Morgan fingerprint density at radius 2 is 1.88 bits per heavy atom. The molecule has 0 spiro atoms. The standard InChI is InChI=1S/C19H23N3O3/c1-15-4-2-3-5-17(15)25-14-19(24)22-10-8-21(9-11-22)13-16-6-7-18(23)20-12-16/h2-7,12H,8-11,13-14H2,1H3,(H,20,23). The summed E-state index contributed by atoms with van der Waals surface area (Å²) < 4.78 is 5.65. The van der Waals surface area contributed by atoms with E-state index in [9.17, 15) is 9.59 Å². The number of pyridine rings is 1. The van der Waals surface area contributed by atoms with Crippen LogP contribution in [0.2, 0.25) is 0 Å². The van der Waals surface area contributed by atoms with Gasteiger partial charge < -0.3 is 14.6 Å². The molecule has 1 aromatic heterocycles. The molecule has 6 heteroatoms. The predicted molar refractivity (Wildman–Crippen MR) is 95.6 cm³/mol. The number of aryl methyl sites for hydroxylation is 1. The molecule has 0 aliphatic carbocycles. The van der Waals surface area contributed by atoms with Crippen molar-refractivity contribution in [3.63, 3.8) is 0 Å². The SMILES string of the molecule is Cc1ccccc1OCC(=O)N1CCN(Cc2ccc(=O)[nH]c2)CC1. The fourth-order valence-corrected chi connectivity index (χ4v) is 2.90. The molecule has 0 radical (unpaired) electrons. The fourth-order valence-electron chi connectivity index (χ4n) is 2.90. The van der Waals surface area contributed by atoms with E-state index in [1.807, 2.05) is 42.2 Å². The van der Waals surface area contributed by atoms with E-state index in [0.717, 1.165) is 36.5 Å². The van der Waals surface area contributed by atoms with Gasteiger partial charge in [-0.05, 0) is 24.1 Å². The molecule has 25 heavy (non-hydrogen) atoms. The van der Waals surface area contributed by atoms with Crippen molar-refractivity contribution in [3.05, 3.63) is 64.1 Å². The lowest BCUT2D eigenvalue weighted by atomic mass is 10.2. The predicted octanol–water partition coefficient (Wildman–Crippen LogP) is 1.41. The number of nitrogens with zero attached hydrogens (tertiary/aromatic N) is 2. The van der Waals surface area contributed by atoms with Gasteiger partial charge in [-0.3, -0.25) is 14.5 Å². The zero-order valence-electron chi connectivity index (χ0n) is 14.4. The maximum absolute atomic E-state index is 12.3. The maximum Gasteiger partial charge on any atom is 0.260 e. The van der Waals surface area contributed by atoms with Crippen LogP contribution in [-0.2, 0) is 11.3 Å². The molecule has 1 fully saturated rings. The first-order chi connectivity index (χ1) is 12.1. The molecule has 1 saturated heterocycles. The number of benzene rings is 1. The average Bonchev–Trinajstić information content (AvgIpc) is 2.63. The molecule has 0 unspecified atom stereocenters. The van der Waals surface area contributed by atoms with E-state index in [4.69, 9.17) is 4.74 Å². The maximum atomic E-state index is 12.3. The van der Waals surface area contributed by atoms with Crippen molar-refractivity contribution in [1.29, 1.82) is 0 Å². The minimum absolute atomic E-state index is 0.0203. The summed E-state index contributed by atoms with van der Waals surface area (Å²) in [6.45, 7) is 5.84. The quantitative estimate of drug-likeness (QED) is 0.893. The highest BCUT2D eigenvalue weighted by Gasteiger charge is 2.21. The summed E-state index contributed by atoms with van der Waals surface area (Å²) in [4.78, 5) is 30.2. The van der Waals surface area contributed by atoms with E-state index in [1.165, 1.54) is 6.07 Å². The molecule has 1 aliphatic rings. The number of nitrogens with one attached hydrogen (secondary N) is 1. The van der Waals surface area contributed by atoms with Gasteiger partial charge in [0.05, 0.1) is 0 Å². The summed E-state index contributed by atoms with van der Waals surface area (Å²) >= 11 is 0. The fraction of sp³-hybridized carbons (Fsp3) is 0.368. The second kappa shape index (κ2) is 7.98. The number of ether oxygens (including phenoxy) is 1. The summed E-state index contributed by atoms with van der Waals surface area (Å²) in [5.41, 5.74) is 2.01. The van der Waals surface area contributed by atoms with E-state index in [0.29, 0.717) is 13.1 Å². The molecule has 0 bridgehead atoms. The van der Waals surface area contributed by atoms with Crippen LogP contribution in [0.4, 0.5) is 0 Å². The number of aromatic nitrogens is 1. The molecule has 6 nitrogen and oxygen atoms in total. The first-order valence-corrected chi connectivity index (χ1v) is 8.48. The molecule has 1 aromatic carbocycles. The van der Waals surface area contributed by atoms with Gasteiger partial charge in [0.2, 0.25) is 5.56 Å². The molecule has 1 aliphatic heterocycles. The molecule has 1 N–H and O–H groups in total. The Labute approximate surface area is 147 Å². The number of hydrogen-bond acceptors (Lipinski definition) is 4. The smallest absolute Gasteiger partial charge is 0.260 e. The Morgan fingerprint density at radius 1 is 1.12 bits per heavy atom. The second-order valence-corrected chi connectivity index (χ2v) is 6.27. The van der Waals surface area contributed by atoms with Gasteiger partial charge in [-0.15, -0.1) is 0 Å². The van der Waals surface area contributed by atoms with Crippen LogP contribution in [0.15, 0.2) is 47.4 Å². The van der Waals surface area contributed by atoms with Crippen LogP contribution in [0.3, 0.4) is 0 Å². The molecule has 1 amide bonds. The lowest BCUT2D eigenvalue weighted by Gasteiger charge is -2.34. The van der Waals surface area contributed by atoms with Crippen LogP contribution in [-0.4, -0.2) is 53.5 Å². The van der Waals surface area contributed by atoms with Gasteiger partial charge in [0.15, 0.2) is 6.61 Å². The highest BCUT2D eigenvalue weighted by Crippen LogP contribution is 2.16. The zero-order valence-corrected chi connectivity index (χ0v) is 14.4. The normalized spacial score (nSPS) is 15.2. The lowest BCUT2D eigenvalue weighted by molar-refractivity contribution is -0.135. The average molecular weight is 341 g/mol. The third-order valence-corrected chi connectivity index (χ3v) is 4.42. The van der Waals surface area contributed by atoms with E-state index >= 15 is 0 Å². The van der Waals surface area contributed by atoms with E-state index < -0.39 is 0 Å². The number of H-pyrrole nitrogens is 1. The van der Waals surface area contributed by atoms with Gasteiger partial charge in [0.25, 0.3) is 5.91 Å². The van der Waals surface area contributed by atoms with Gasteiger partial charge in [-0.2, -0.15) is 0 Å². The van der Waals surface area contributed by atoms with Crippen molar-refractivity contribution < 1.29 is 9.53 Å². The lowest BCUT2D eigenvalue weighted by Crippen LogP contribution is -2.49. The molecule has 0 saturated carbocycles. The molecule has 2 aromatic rings. The summed E-state index contributed by atoms with van der Waals surface area (Å²) in [5.74, 6) is 0.777. The van der Waals surface area contributed by atoms with E-state index in [2.05, 4.69) is 9.88 Å². The van der Waals surface area contributed by atoms with Crippen molar-refractivity contribution in [3.8, 4) is 5.75 Å². The van der Waals surface area contributed by atoms with Crippen LogP contribution in [0, 0.1) is 6.92 Å². The van der Waals surface area contributed by atoms with Crippen molar-refractivity contribution in [1.82, 2.24) is 14.8 Å². The Hall–Kier alpha value is -2.60. The van der Waals surface area contributed by atoms with Crippen LogP contribution in [0.25, 0.3) is 0 Å². The molecule has 132 valence electrons. The van der Waals surface area contributed by atoms with Gasteiger partial charge in [-0.25, -0.2) is 0 Å². The number of carbonyl (C=O) groups excluding carboxylic acids is 1. The zero-order chi connectivity index (χ0) is 17.6. The van der Waals surface area contributed by atoms with Gasteiger partial charge >= 0.3 is 0 Å². The number of aromatic amines is 1. The van der Waals surface area contributed by atoms with Gasteiger partial charge in [0.1, 0.15) is 5.75 Å². The molecular formula is C19H23N3O3. The first-order valence-electron chi connectivity index (χ1n) is 8.48. The van der Waals surface area contributed by atoms with Crippen LogP contribution >= 0.6 is 0 Å². The van der Waals surface area contributed by atoms with Gasteiger partial charge in [0, 0.05) is 45.0 Å². The molecular weight excluding hydrogens is 318 g/mol. The number of rotatable bonds is 5. The summed E-state index contributed by atoms with van der Waals surface area (Å²) in [6.07, 6.45) is 1.75. The number of amides is 1. The molecule has 2 heterocycles. The summed E-state index contributed by atoms with van der Waals surface area (Å²) in [6, 6.07) is 11.1. The Bertz CT molecular complexity index is 759. The highest BCUT2D eigenvalue weighted by molar-refractivity contribution is 5.78. The third-order valence-electron chi connectivity index (χ3n) is 4.42. The third kappa shape index (κ3) is 4.70. The number of hydrogen-bond donors (Lipinski definition) is 1. The minimum Gasteiger partial charge on any atom is -0.484 e. The second-order valence-electron chi connectivity index (χ2n) is 6.27. The largest absolute Gasteiger partial charge is 0.484 e. The summed E-state index contributed by atoms with van der Waals surface area (Å²) in [7, 11) is 0. The summed E-state index contributed by atoms with van der Waals surface area (Å²) in [5, 5.41) is 0. The Balaban J connectivity index is 1.45. The Kier molecular flexibility index (Phi) is 5.50. The monoisotopic (exact) mass is 341 g/mol. The molecule has 3 rings (SSSR count). The minimum atomic E-state index is -0.0900. The van der Waals surface area contributed by atoms with E-state index in [-0.39, 0.29) is 18.1 Å². The van der Waals surface area contributed by atoms with Crippen LogP contribution < -0.4 is 10.3 Å². The van der Waals surface area contributed by atoms with Crippen molar-refractivity contribution >= 4 is 5.91 Å². The number of para-hydroxylation sites is 1. The highest BCUT2D eigenvalue weighted by atomic mass is 16.5. The Morgan fingerprint density at radius 3 is 2.56 bits per heavy atom. The van der Waals surface area contributed by atoms with Gasteiger partial charge in [-0.1, -0.05) is 24.3 Å². The molecule has 0 atom stereocenters. The van der Waals surface area contributed by atoms with Crippen molar-refractivity contribution in [2.45, 2.75) is 13.5 Å². The van der Waals surface area contributed by atoms with Crippen LogP contribution in [0.1, 0.15) is 11.1 Å². The number of piperazine rings is 1. The van der Waals surface area contributed by atoms with Crippen molar-refractivity contribution in [2.24, 2.45) is 0 Å². The van der Waals surface area contributed by atoms with Crippen molar-refractivity contribution in [2.75, 3.05) is 32.8 Å². The van der Waals surface area contributed by atoms with Crippen LogP contribution in [0.5, 0.6) is 5.75 Å².